The summed E-state index contributed by atoms with van der Waals surface area (Å²) in [6, 6.07) is 7.88. The first-order chi connectivity index (χ1) is 12.2. The summed E-state index contributed by atoms with van der Waals surface area (Å²) in [4.78, 5) is 12.8. The van der Waals surface area contributed by atoms with E-state index in [-0.39, 0.29) is 23.1 Å². The van der Waals surface area contributed by atoms with Crippen LogP contribution in [-0.2, 0) is 10.0 Å². The zero-order valence-corrected chi connectivity index (χ0v) is 15.6. The summed E-state index contributed by atoms with van der Waals surface area (Å²) in [6.45, 7) is 0. The molecule has 0 aliphatic rings. The predicted octanol–water partition coefficient (Wildman–Crippen LogP) is 2.35. The number of anilines is 1. The minimum Gasteiger partial charge on any atom is -0.493 e. The fourth-order valence-corrected chi connectivity index (χ4v) is 3.35. The van der Waals surface area contributed by atoms with Gasteiger partial charge >= 0.3 is 0 Å². The Bertz CT molecular complexity index is 929. The fraction of sp³-hybridized carbons (Fsp3) is 0.235. The van der Waals surface area contributed by atoms with E-state index in [9.17, 15) is 17.6 Å². The molecule has 0 aliphatic carbocycles. The van der Waals surface area contributed by atoms with E-state index in [1.54, 1.807) is 20.2 Å². The Kier molecular flexibility index (Phi) is 5.71. The van der Waals surface area contributed by atoms with E-state index < -0.39 is 20.7 Å². The van der Waals surface area contributed by atoms with Crippen LogP contribution < -0.4 is 14.2 Å². The van der Waals surface area contributed by atoms with Crippen molar-refractivity contribution in [2.45, 2.75) is 4.90 Å². The van der Waals surface area contributed by atoms with Crippen LogP contribution in [0.4, 0.5) is 10.1 Å². The summed E-state index contributed by atoms with van der Waals surface area (Å²) in [7, 11) is 1.55. The van der Waals surface area contributed by atoms with Crippen molar-refractivity contribution in [3.63, 3.8) is 0 Å². The molecular weight excluding hydrogens is 363 g/mol. The molecule has 0 unspecified atom stereocenters. The molecule has 1 amide bonds. The lowest BCUT2D eigenvalue weighted by Gasteiger charge is -2.14. The molecule has 7 nitrogen and oxygen atoms in total. The number of methoxy groups -OCH3 is 2. The highest BCUT2D eigenvalue weighted by atomic mass is 32.2. The van der Waals surface area contributed by atoms with Gasteiger partial charge in [0.15, 0.2) is 11.5 Å². The van der Waals surface area contributed by atoms with Crippen molar-refractivity contribution in [1.82, 2.24) is 4.90 Å². The molecule has 0 atom stereocenters. The monoisotopic (exact) mass is 382 g/mol. The predicted molar refractivity (Wildman–Crippen MR) is 94.8 cm³/mol. The summed E-state index contributed by atoms with van der Waals surface area (Å²) in [5.41, 5.74) is 0.426. The second-order valence-electron chi connectivity index (χ2n) is 5.52. The number of halogens is 1. The Labute approximate surface area is 151 Å². The van der Waals surface area contributed by atoms with E-state index in [0.29, 0.717) is 5.56 Å². The number of hydrogen-bond donors (Lipinski definition) is 1. The van der Waals surface area contributed by atoms with Crippen molar-refractivity contribution in [2.75, 3.05) is 33.0 Å². The summed E-state index contributed by atoms with van der Waals surface area (Å²) in [5, 5.41) is 0. The highest BCUT2D eigenvalue weighted by Crippen LogP contribution is 2.32. The van der Waals surface area contributed by atoms with Crippen LogP contribution in [0.1, 0.15) is 10.4 Å². The summed E-state index contributed by atoms with van der Waals surface area (Å²) in [6.07, 6.45) is 0. The zero-order chi connectivity index (χ0) is 19.5. The van der Waals surface area contributed by atoms with Crippen LogP contribution in [0.2, 0.25) is 0 Å². The van der Waals surface area contributed by atoms with E-state index >= 15 is 0 Å². The van der Waals surface area contributed by atoms with Gasteiger partial charge in [-0.05, 0) is 18.2 Å². The van der Waals surface area contributed by atoms with Crippen LogP contribution in [0.5, 0.6) is 11.5 Å². The minimum absolute atomic E-state index is 0.0718. The molecule has 1 N–H and O–H groups in total. The van der Waals surface area contributed by atoms with Crippen molar-refractivity contribution in [2.24, 2.45) is 0 Å². The SMILES string of the molecule is COc1cc(F)c(S(=O)(=O)Nc2cccc(C(=O)N(C)C)c2)cc1OC. The van der Waals surface area contributed by atoms with E-state index in [1.165, 1.54) is 37.3 Å². The van der Waals surface area contributed by atoms with Gasteiger partial charge in [0.05, 0.1) is 14.2 Å². The van der Waals surface area contributed by atoms with Crippen LogP contribution in [0.25, 0.3) is 0 Å². The quantitative estimate of drug-likeness (QED) is 0.829. The molecule has 2 aromatic rings. The van der Waals surface area contributed by atoms with Gasteiger partial charge in [-0.2, -0.15) is 0 Å². The number of benzene rings is 2. The summed E-state index contributed by atoms with van der Waals surface area (Å²) >= 11 is 0. The molecule has 0 radical (unpaired) electrons. The van der Waals surface area contributed by atoms with Gasteiger partial charge in [0, 0.05) is 37.5 Å². The van der Waals surface area contributed by atoms with Crippen LogP contribution >= 0.6 is 0 Å². The molecule has 2 rings (SSSR count). The van der Waals surface area contributed by atoms with E-state index in [0.717, 1.165) is 12.1 Å². The van der Waals surface area contributed by atoms with Gasteiger partial charge in [-0.25, -0.2) is 12.8 Å². The second-order valence-corrected chi connectivity index (χ2v) is 7.17. The summed E-state index contributed by atoms with van der Waals surface area (Å²) < 4.78 is 51.6. The number of rotatable bonds is 6. The maximum absolute atomic E-state index is 14.2. The third kappa shape index (κ3) is 4.05. The highest BCUT2D eigenvalue weighted by Gasteiger charge is 2.23. The smallest absolute Gasteiger partial charge is 0.264 e. The molecule has 0 heterocycles. The molecule has 2 aromatic carbocycles. The van der Waals surface area contributed by atoms with Gasteiger partial charge in [0.2, 0.25) is 0 Å². The molecular formula is C17H19FN2O5S. The zero-order valence-electron chi connectivity index (χ0n) is 14.7. The minimum atomic E-state index is -4.25. The van der Waals surface area contributed by atoms with Gasteiger partial charge in [0.1, 0.15) is 10.7 Å². The fourth-order valence-electron chi connectivity index (χ4n) is 2.23. The van der Waals surface area contributed by atoms with E-state index in [2.05, 4.69) is 4.72 Å². The molecule has 0 aromatic heterocycles. The lowest BCUT2D eigenvalue weighted by Crippen LogP contribution is -2.22. The van der Waals surface area contributed by atoms with Crippen molar-refractivity contribution < 1.29 is 27.1 Å². The Morgan fingerprint density at radius 2 is 1.69 bits per heavy atom. The lowest BCUT2D eigenvalue weighted by molar-refractivity contribution is 0.0827. The standard InChI is InChI=1S/C17H19FN2O5S/c1-20(2)17(21)11-6-5-7-12(8-11)19-26(22,23)16-10-15(25-4)14(24-3)9-13(16)18/h5-10,19H,1-4H3. The van der Waals surface area contributed by atoms with Crippen molar-refractivity contribution in [3.8, 4) is 11.5 Å². The van der Waals surface area contributed by atoms with Gasteiger partial charge in [0.25, 0.3) is 15.9 Å². The second kappa shape index (κ2) is 7.61. The Balaban J connectivity index is 2.41. The first-order valence-corrected chi connectivity index (χ1v) is 8.94. The molecule has 140 valence electrons. The van der Waals surface area contributed by atoms with Gasteiger partial charge in [-0.1, -0.05) is 6.07 Å². The molecule has 0 saturated heterocycles. The molecule has 0 aliphatic heterocycles. The van der Waals surface area contributed by atoms with Crippen molar-refractivity contribution in [3.05, 3.63) is 47.8 Å². The molecule has 26 heavy (non-hydrogen) atoms. The number of hydrogen-bond acceptors (Lipinski definition) is 5. The maximum Gasteiger partial charge on any atom is 0.264 e. The molecule has 9 heteroatoms. The normalized spacial score (nSPS) is 11.0. The number of nitrogens with zero attached hydrogens (tertiary/aromatic N) is 1. The Morgan fingerprint density at radius 3 is 2.27 bits per heavy atom. The highest BCUT2D eigenvalue weighted by molar-refractivity contribution is 7.92. The number of amides is 1. The van der Waals surface area contributed by atoms with Crippen LogP contribution in [0.3, 0.4) is 0 Å². The number of carbonyl (C=O) groups is 1. The number of nitrogens with one attached hydrogen (secondary N) is 1. The van der Waals surface area contributed by atoms with Gasteiger partial charge in [-0.3, -0.25) is 9.52 Å². The summed E-state index contributed by atoms with van der Waals surface area (Å²) in [5.74, 6) is -1.13. The lowest BCUT2D eigenvalue weighted by atomic mass is 10.2. The first-order valence-electron chi connectivity index (χ1n) is 7.45. The van der Waals surface area contributed by atoms with E-state index in [1.807, 2.05) is 0 Å². The topological polar surface area (TPSA) is 84.9 Å². The van der Waals surface area contributed by atoms with Crippen molar-refractivity contribution in [1.29, 1.82) is 0 Å². The number of sulfonamides is 1. The Morgan fingerprint density at radius 1 is 1.08 bits per heavy atom. The van der Waals surface area contributed by atoms with Gasteiger partial charge in [-0.15, -0.1) is 0 Å². The largest absolute Gasteiger partial charge is 0.493 e. The molecule has 0 bridgehead atoms. The molecule has 0 saturated carbocycles. The molecule has 0 fully saturated rings. The van der Waals surface area contributed by atoms with E-state index in [4.69, 9.17) is 9.47 Å². The van der Waals surface area contributed by atoms with Crippen LogP contribution in [0, 0.1) is 5.82 Å². The third-order valence-electron chi connectivity index (χ3n) is 3.50. The Hall–Kier alpha value is -2.81. The number of ether oxygens (including phenoxy) is 2. The third-order valence-corrected chi connectivity index (χ3v) is 4.89. The van der Waals surface area contributed by atoms with Crippen molar-refractivity contribution >= 4 is 21.6 Å². The average Bonchev–Trinajstić information content (AvgIpc) is 2.60. The molecule has 0 spiro atoms. The maximum atomic E-state index is 14.2. The first kappa shape index (κ1) is 19.5. The average molecular weight is 382 g/mol. The van der Waals surface area contributed by atoms with Crippen LogP contribution in [-0.4, -0.2) is 47.5 Å². The number of carbonyl (C=O) groups excluding carboxylic acids is 1. The van der Waals surface area contributed by atoms with Crippen LogP contribution in [0.15, 0.2) is 41.3 Å². The van der Waals surface area contributed by atoms with Gasteiger partial charge < -0.3 is 14.4 Å².